The number of furan rings is 1. The third-order valence-electron chi connectivity index (χ3n) is 4.12. The van der Waals surface area contributed by atoms with E-state index in [9.17, 15) is 4.79 Å². The molecular weight excluding hydrogens is 280 g/mol. The van der Waals surface area contributed by atoms with Crippen molar-refractivity contribution in [3.8, 4) is 0 Å². The van der Waals surface area contributed by atoms with Crippen molar-refractivity contribution < 1.29 is 9.21 Å². The summed E-state index contributed by atoms with van der Waals surface area (Å²) in [6, 6.07) is 9.47. The van der Waals surface area contributed by atoms with E-state index in [1.807, 2.05) is 31.2 Å². The maximum absolute atomic E-state index is 12.4. The molecule has 3 aromatic rings. The molecule has 1 aromatic carbocycles. The fraction of sp³-hybridized carbons (Fsp3) is 0.312. The van der Waals surface area contributed by atoms with E-state index in [4.69, 9.17) is 4.42 Å². The summed E-state index contributed by atoms with van der Waals surface area (Å²) >= 11 is 0. The van der Waals surface area contributed by atoms with E-state index in [1.54, 1.807) is 6.07 Å². The molecule has 6 nitrogen and oxygen atoms in total. The SMILES string of the molecule is Cc1nnc2n1CC(NC(=O)c1cc3ccccc3o1)CC2. The van der Waals surface area contributed by atoms with Crippen molar-refractivity contribution in [2.24, 2.45) is 0 Å². The van der Waals surface area contributed by atoms with Crippen molar-refractivity contribution in [2.75, 3.05) is 0 Å². The number of carbonyl (C=O) groups is 1. The smallest absolute Gasteiger partial charge is 0.287 e. The Morgan fingerprint density at radius 2 is 2.23 bits per heavy atom. The molecule has 3 heterocycles. The molecule has 0 saturated heterocycles. The summed E-state index contributed by atoms with van der Waals surface area (Å²) in [6.07, 6.45) is 1.69. The summed E-state index contributed by atoms with van der Waals surface area (Å²) in [5.41, 5.74) is 0.730. The number of aromatic nitrogens is 3. The minimum atomic E-state index is -0.171. The number of fused-ring (bicyclic) bond motifs is 2. The van der Waals surface area contributed by atoms with Crippen LogP contribution in [0.15, 0.2) is 34.7 Å². The number of hydrogen-bond donors (Lipinski definition) is 1. The Balaban J connectivity index is 1.51. The van der Waals surface area contributed by atoms with Crippen LogP contribution in [0.25, 0.3) is 11.0 Å². The van der Waals surface area contributed by atoms with Gasteiger partial charge in [0.15, 0.2) is 5.76 Å². The van der Waals surface area contributed by atoms with Gasteiger partial charge in [-0.05, 0) is 25.5 Å². The third-order valence-corrected chi connectivity index (χ3v) is 4.12. The second-order valence-electron chi connectivity index (χ2n) is 5.63. The maximum Gasteiger partial charge on any atom is 0.287 e. The third kappa shape index (κ3) is 2.16. The molecule has 0 saturated carbocycles. The molecule has 0 bridgehead atoms. The zero-order chi connectivity index (χ0) is 15.1. The highest BCUT2D eigenvalue weighted by Crippen LogP contribution is 2.20. The van der Waals surface area contributed by atoms with Crippen LogP contribution in [0.3, 0.4) is 0 Å². The standard InChI is InChI=1S/C16H16N4O2/c1-10-18-19-15-7-6-12(9-20(10)15)17-16(21)14-8-11-4-2-3-5-13(11)22-14/h2-5,8,12H,6-7,9H2,1H3,(H,17,21). The number of carbonyl (C=O) groups excluding carboxylic acids is 1. The molecule has 1 aliphatic heterocycles. The molecule has 6 heteroatoms. The van der Waals surface area contributed by atoms with Crippen LogP contribution in [0.1, 0.15) is 28.6 Å². The lowest BCUT2D eigenvalue weighted by Crippen LogP contribution is -2.41. The zero-order valence-electron chi connectivity index (χ0n) is 12.2. The summed E-state index contributed by atoms with van der Waals surface area (Å²) in [6.45, 7) is 2.64. The molecule has 1 atom stereocenters. The van der Waals surface area contributed by atoms with Crippen molar-refractivity contribution in [1.82, 2.24) is 20.1 Å². The number of nitrogens with zero attached hydrogens (tertiary/aromatic N) is 3. The van der Waals surface area contributed by atoms with Crippen LogP contribution in [0.5, 0.6) is 0 Å². The van der Waals surface area contributed by atoms with E-state index in [1.165, 1.54) is 0 Å². The molecule has 112 valence electrons. The van der Waals surface area contributed by atoms with E-state index in [0.717, 1.165) is 35.5 Å². The summed E-state index contributed by atoms with van der Waals surface area (Å²) in [4.78, 5) is 12.4. The molecular formula is C16H16N4O2. The molecule has 0 spiro atoms. The van der Waals surface area contributed by atoms with E-state index in [0.29, 0.717) is 12.3 Å². The van der Waals surface area contributed by atoms with Crippen LogP contribution in [0.4, 0.5) is 0 Å². The van der Waals surface area contributed by atoms with Gasteiger partial charge >= 0.3 is 0 Å². The Kier molecular flexibility index (Phi) is 2.96. The first kappa shape index (κ1) is 13.1. The lowest BCUT2D eigenvalue weighted by molar-refractivity contribution is 0.0901. The van der Waals surface area contributed by atoms with Gasteiger partial charge in [-0.2, -0.15) is 0 Å². The number of aryl methyl sites for hydroxylation is 2. The predicted molar refractivity (Wildman–Crippen MR) is 80.5 cm³/mol. The average Bonchev–Trinajstić information content (AvgIpc) is 3.11. The number of benzene rings is 1. The van der Waals surface area contributed by atoms with Crippen molar-refractivity contribution in [2.45, 2.75) is 32.4 Å². The number of nitrogens with one attached hydrogen (secondary N) is 1. The van der Waals surface area contributed by atoms with Crippen molar-refractivity contribution in [1.29, 1.82) is 0 Å². The Hall–Kier alpha value is -2.63. The van der Waals surface area contributed by atoms with Gasteiger partial charge in [0.05, 0.1) is 0 Å². The fourth-order valence-electron chi connectivity index (χ4n) is 2.93. The van der Waals surface area contributed by atoms with E-state index < -0.39 is 0 Å². The molecule has 1 amide bonds. The van der Waals surface area contributed by atoms with Gasteiger partial charge in [0.1, 0.15) is 17.2 Å². The lowest BCUT2D eigenvalue weighted by atomic mass is 10.1. The molecule has 4 rings (SSSR count). The number of rotatable bonds is 2. The molecule has 0 radical (unpaired) electrons. The molecule has 2 aromatic heterocycles. The summed E-state index contributed by atoms with van der Waals surface area (Å²) in [5, 5.41) is 12.2. The Morgan fingerprint density at radius 1 is 1.36 bits per heavy atom. The number of para-hydroxylation sites is 1. The second kappa shape index (κ2) is 4.98. The monoisotopic (exact) mass is 296 g/mol. The minimum absolute atomic E-state index is 0.0721. The van der Waals surface area contributed by atoms with Crippen LogP contribution in [0.2, 0.25) is 0 Å². The molecule has 22 heavy (non-hydrogen) atoms. The highest BCUT2D eigenvalue weighted by Gasteiger charge is 2.24. The second-order valence-corrected chi connectivity index (χ2v) is 5.63. The Morgan fingerprint density at radius 3 is 3.09 bits per heavy atom. The first-order chi connectivity index (χ1) is 10.7. The van der Waals surface area contributed by atoms with E-state index in [-0.39, 0.29) is 11.9 Å². The average molecular weight is 296 g/mol. The fourth-order valence-corrected chi connectivity index (χ4v) is 2.93. The first-order valence-corrected chi connectivity index (χ1v) is 7.39. The van der Waals surface area contributed by atoms with Crippen molar-refractivity contribution in [3.05, 3.63) is 47.7 Å². The van der Waals surface area contributed by atoms with E-state index >= 15 is 0 Å². The minimum Gasteiger partial charge on any atom is -0.451 e. The van der Waals surface area contributed by atoms with Gasteiger partial charge in [0, 0.05) is 24.4 Å². The number of hydrogen-bond acceptors (Lipinski definition) is 4. The number of amides is 1. The topological polar surface area (TPSA) is 73.0 Å². The molecule has 1 unspecified atom stereocenters. The van der Waals surface area contributed by atoms with Gasteiger partial charge in [0.2, 0.25) is 0 Å². The normalized spacial score (nSPS) is 17.4. The van der Waals surface area contributed by atoms with E-state index in [2.05, 4.69) is 20.1 Å². The Labute approximate surface area is 127 Å². The largest absolute Gasteiger partial charge is 0.451 e. The summed E-state index contributed by atoms with van der Waals surface area (Å²) < 4.78 is 7.67. The molecule has 1 N–H and O–H groups in total. The molecule has 0 aliphatic carbocycles. The van der Waals surface area contributed by atoms with Crippen molar-refractivity contribution in [3.63, 3.8) is 0 Å². The summed E-state index contributed by atoms with van der Waals surface area (Å²) in [7, 11) is 0. The summed E-state index contributed by atoms with van der Waals surface area (Å²) in [5.74, 6) is 2.06. The van der Waals surface area contributed by atoms with Crippen LogP contribution in [-0.2, 0) is 13.0 Å². The maximum atomic E-state index is 12.4. The highest BCUT2D eigenvalue weighted by atomic mass is 16.3. The lowest BCUT2D eigenvalue weighted by Gasteiger charge is -2.24. The van der Waals surface area contributed by atoms with Gasteiger partial charge in [0.25, 0.3) is 5.91 Å². The van der Waals surface area contributed by atoms with Gasteiger partial charge in [-0.1, -0.05) is 18.2 Å². The van der Waals surface area contributed by atoms with Gasteiger partial charge in [-0.15, -0.1) is 10.2 Å². The quantitative estimate of drug-likeness (QED) is 0.786. The van der Waals surface area contributed by atoms with Crippen LogP contribution in [0, 0.1) is 6.92 Å². The Bertz CT molecular complexity index is 816. The van der Waals surface area contributed by atoms with Gasteiger partial charge < -0.3 is 14.3 Å². The van der Waals surface area contributed by atoms with Crippen molar-refractivity contribution >= 4 is 16.9 Å². The molecule has 0 fully saturated rings. The van der Waals surface area contributed by atoms with Gasteiger partial charge in [-0.3, -0.25) is 4.79 Å². The molecule has 1 aliphatic rings. The highest BCUT2D eigenvalue weighted by molar-refractivity contribution is 5.96. The van der Waals surface area contributed by atoms with Gasteiger partial charge in [-0.25, -0.2) is 0 Å². The van der Waals surface area contributed by atoms with Crippen LogP contribution < -0.4 is 5.32 Å². The van der Waals surface area contributed by atoms with Crippen LogP contribution >= 0.6 is 0 Å². The zero-order valence-corrected chi connectivity index (χ0v) is 12.2. The first-order valence-electron chi connectivity index (χ1n) is 7.39. The van der Waals surface area contributed by atoms with Crippen LogP contribution in [-0.4, -0.2) is 26.7 Å². The predicted octanol–water partition coefficient (Wildman–Crippen LogP) is 2.08.